The van der Waals surface area contributed by atoms with Gasteiger partial charge < -0.3 is 21.7 Å². The van der Waals surface area contributed by atoms with Gasteiger partial charge in [0.15, 0.2) is 5.69 Å². The van der Waals surface area contributed by atoms with E-state index in [1.165, 1.54) is 18.2 Å². The summed E-state index contributed by atoms with van der Waals surface area (Å²) in [5.41, 5.74) is 12.1. The number of anilines is 3. The van der Waals surface area contributed by atoms with E-state index in [-0.39, 0.29) is 21.9 Å². The number of nitrogens with two attached hydrogens (primary N) is 2. The molecule has 0 radical (unpaired) electrons. The lowest BCUT2D eigenvalue weighted by Crippen LogP contribution is -2.44. The van der Waals surface area contributed by atoms with Crippen molar-refractivity contribution in [2.24, 2.45) is 11.7 Å². The van der Waals surface area contributed by atoms with Crippen molar-refractivity contribution in [3.05, 3.63) is 70.5 Å². The lowest BCUT2D eigenvalue weighted by Gasteiger charge is -2.31. The van der Waals surface area contributed by atoms with Crippen LogP contribution in [0.3, 0.4) is 0 Å². The number of benzene rings is 2. The van der Waals surface area contributed by atoms with Crippen LogP contribution in [0, 0.1) is 11.7 Å². The molecule has 0 fully saturated rings. The maximum atomic E-state index is 15.2. The second kappa shape index (κ2) is 11.8. The maximum Gasteiger partial charge on any atom is 0.273 e. The van der Waals surface area contributed by atoms with Crippen LogP contribution in [0.1, 0.15) is 52.0 Å². The van der Waals surface area contributed by atoms with E-state index >= 15 is 4.39 Å². The van der Waals surface area contributed by atoms with E-state index in [0.29, 0.717) is 29.6 Å². The Morgan fingerprint density at radius 2 is 1.73 bits per heavy atom. The molecule has 2 aromatic carbocycles. The fourth-order valence-corrected chi connectivity index (χ4v) is 4.45. The summed E-state index contributed by atoms with van der Waals surface area (Å²) in [6, 6.07) is 11.4. The first-order chi connectivity index (χ1) is 17.5. The molecular formula is C26H31FN6O3S. The summed E-state index contributed by atoms with van der Waals surface area (Å²) in [7, 11) is 3.76. The van der Waals surface area contributed by atoms with Crippen LogP contribution in [0.4, 0.5) is 21.5 Å². The number of hydrogen-bond donors (Lipinski definition) is 3. The fraction of sp³-hybridized carbons (Fsp3) is 0.308. The predicted molar refractivity (Wildman–Crippen MR) is 144 cm³/mol. The van der Waals surface area contributed by atoms with Crippen LogP contribution in [0.15, 0.2) is 48.5 Å². The molecule has 3 amide bonds. The van der Waals surface area contributed by atoms with E-state index in [9.17, 15) is 14.4 Å². The first-order valence-electron chi connectivity index (χ1n) is 11.7. The third-order valence-corrected chi connectivity index (χ3v) is 6.59. The number of carbonyl (C=O) groups excluding carboxylic acids is 3. The smallest absolute Gasteiger partial charge is 0.273 e. The average Bonchev–Trinajstić information content (AvgIpc) is 3.24. The van der Waals surface area contributed by atoms with Crippen LogP contribution < -0.4 is 26.6 Å². The van der Waals surface area contributed by atoms with Gasteiger partial charge in [0.2, 0.25) is 5.91 Å². The highest BCUT2D eigenvalue weighted by atomic mass is 32.1. The molecule has 0 aliphatic rings. The van der Waals surface area contributed by atoms with Crippen LogP contribution in [0.2, 0.25) is 0 Å². The SMILES string of the molecule is CC(C)CCNC(=O)[C@@H](c1ccc(N(C)C)cc1)N(C(=O)c1snc(C(N)=O)c1N)c1ccccc1F. The Morgan fingerprint density at radius 1 is 1.08 bits per heavy atom. The van der Waals surface area contributed by atoms with E-state index < -0.39 is 29.6 Å². The first kappa shape index (κ1) is 27.6. The highest BCUT2D eigenvalue weighted by Gasteiger charge is 2.37. The van der Waals surface area contributed by atoms with Crippen LogP contribution in [0.5, 0.6) is 0 Å². The number of hydrogen-bond acceptors (Lipinski definition) is 7. The number of nitrogens with zero attached hydrogens (tertiary/aromatic N) is 3. The van der Waals surface area contributed by atoms with Crippen LogP contribution in [-0.4, -0.2) is 42.7 Å². The molecule has 0 aliphatic heterocycles. The summed E-state index contributed by atoms with van der Waals surface area (Å²) in [5.74, 6) is -2.54. The van der Waals surface area contributed by atoms with Crippen molar-refractivity contribution in [2.45, 2.75) is 26.3 Å². The van der Waals surface area contributed by atoms with E-state index in [1.54, 1.807) is 30.3 Å². The second-order valence-electron chi connectivity index (χ2n) is 9.13. The lowest BCUT2D eigenvalue weighted by atomic mass is 10.0. The molecule has 1 aromatic heterocycles. The Morgan fingerprint density at radius 3 is 2.27 bits per heavy atom. The minimum absolute atomic E-state index is 0.123. The van der Waals surface area contributed by atoms with Crippen LogP contribution in [0.25, 0.3) is 0 Å². The minimum atomic E-state index is -1.24. The molecule has 0 aliphatic carbocycles. The van der Waals surface area contributed by atoms with Gasteiger partial charge in [-0.1, -0.05) is 38.1 Å². The highest BCUT2D eigenvalue weighted by molar-refractivity contribution is 7.09. The molecule has 196 valence electrons. The molecule has 11 heteroatoms. The van der Waals surface area contributed by atoms with Gasteiger partial charge in [-0.2, -0.15) is 4.37 Å². The third kappa shape index (κ3) is 6.23. The van der Waals surface area contributed by atoms with Crippen molar-refractivity contribution in [1.82, 2.24) is 9.69 Å². The summed E-state index contributed by atoms with van der Waals surface area (Å²) in [4.78, 5) is 42.1. The fourth-order valence-electron chi connectivity index (χ4n) is 3.70. The molecule has 1 heterocycles. The van der Waals surface area contributed by atoms with Gasteiger partial charge in [0.1, 0.15) is 16.7 Å². The molecule has 0 saturated carbocycles. The van der Waals surface area contributed by atoms with Gasteiger partial charge in [-0.05, 0) is 53.7 Å². The van der Waals surface area contributed by atoms with Gasteiger partial charge >= 0.3 is 0 Å². The monoisotopic (exact) mass is 526 g/mol. The molecule has 5 N–H and O–H groups in total. The Bertz CT molecular complexity index is 1280. The van der Waals surface area contributed by atoms with E-state index in [2.05, 4.69) is 9.69 Å². The largest absolute Gasteiger partial charge is 0.395 e. The number of amides is 3. The number of aromatic nitrogens is 1. The summed E-state index contributed by atoms with van der Waals surface area (Å²) in [5, 5.41) is 2.88. The number of halogens is 1. The van der Waals surface area contributed by atoms with Gasteiger partial charge in [-0.25, -0.2) is 4.39 Å². The number of rotatable bonds is 10. The predicted octanol–water partition coefficient (Wildman–Crippen LogP) is 3.58. The van der Waals surface area contributed by atoms with Crippen molar-refractivity contribution >= 4 is 46.3 Å². The van der Waals surface area contributed by atoms with Crippen LogP contribution >= 0.6 is 11.5 Å². The standard InChI is InChI=1S/C26H31FN6O3S/c1-15(2)13-14-30-25(35)22(16-9-11-17(12-10-16)32(3)4)33(19-8-6-5-7-18(19)27)26(36)23-20(28)21(24(29)34)31-37-23/h5-12,15,22H,13-14,28H2,1-4H3,(H2,29,34)(H,30,35)/t22-/m1/s1. The molecule has 3 rings (SSSR count). The number of primary amides is 1. The van der Waals surface area contributed by atoms with Crippen molar-refractivity contribution in [3.63, 3.8) is 0 Å². The van der Waals surface area contributed by atoms with Crippen molar-refractivity contribution in [3.8, 4) is 0 Å². The van der Waals surface area contributed by atoms with E-state index in [4.69, 9.17) is 11.5 Å². The molecule has 9 nitrogen and oxygen atoms in total. The molecule has 37 heavy (non-hydrogen) atoms. The zero-order chi connectivity index (χ0) is 27.3. The molecule has 1 atom stereocenters. The summed E-state index contributed by atoms with van der Waals surface area (Å²) >= 11 is 0.666. The van der Waals surface area contributed by atoms with E-state index in [1.807, 2.05) is 32.8 Å². The molecule has 0 saturated heterocycles. The molecule has 0 bridgehead atoms. The van der Waals surface area contributed by atoms with Gasteiger partial charge in [0.25, 0.3) is 11.8 Å². The summed E-state index contributed by atoms with van der Waals surface area (Å²) in [6.07, 6.45) is 0.718. The molecular weight excluding hydrogens is 495 g/mol. The van der Waals surface area contributed by atoms with Gasteiger partial charge in [0.05, 0.1) is 11.4 Å². The number of para-hydroxylation sites is 1. The van der Waals surface area contributed by atoms with Crippen molar-refractivity contribution in [2.75, 3.05) is 36.2 Å². The van der Waals surface area contributed by atoms with Crippen molar-refractivity contribution in [1.29, 1.82) is 0 Å². The third-order valence-electron chi connectivity index (χ3n) is 5.74. The quantitative estimate of drug-likeness (QED) is 0.370. The second-order valence-corrected chi connectivity index (χ2v) is 9.90. The van der Waals surface area contributed by atoms with Gasteiger partial charge in [-0.3, -0.25) is 19.3 Å². The Kier molecular flexibility index (Phi) is 8.82. The summed E-state index contributed by atoms with van der Waals surface area (Å²) in [6.45, 7) is 4.43. The topological polar surface area (TPSA) is 135 Å². The van der Waals surface area contributed by atoms with Crippen LogP contribution in [-0.2, 0) is 4.79 Å². The molecule has 0 spiro atoms. The average molecular weight is 527 g/mol. The highest BCUT2D eigenvalue weighted by Crippen LogP contribution is 2.35. The minimum Gasteiger partial charge on any atom is -0.395 e. The normalized spacial score (nSPS) is 11.7. The Balaban J connectivity index is 2.18. The van der Waals surface area contributed by atoms with Gasteiger partial charge in [-0.15, -0.1) is 0 Å². The zero-order valence-corrected chi connectivity index (χ0v) is 22.0. The maximum absolute atomic E-state index is 15.2. The molecule has 0 unspecified atom stereocenters. The Hall–Kier alpha value is -3.99. The molecule has 3 aromatic rings. The summed E-state index contributed by atoms with van der Waals surface area (Å²) < 4.78 is 19.1. The first-order valence-corrected chi connectivity index (χ1v) is 12.5. The van der Waals surface area contributed by atoms with Gasteiger partial charge in [0, 0.05) is 26.3 Å². The lowest BCUT2D eigenvalue weighted by molar-refractivity contribution is -0.122. The number of nitrogens with one attached hydrogen (secondary N) is 1. The zero-order valence-electron chi connectivity index (χ0n) is 21.2. The van der Waals surface area contributed by atoms with E-state index in [0.717, 1.165) is 17.0 Å². The Labute approximate surface area is 219 Å². The number of carbonyl (C=O) groups is 3. The van der Waals surface area contributed by atoms with Crippen molar-refractivity contribution < 1.29 is 18.8 Å². The number of nitrogen functional groups attached to an aromatic ring is 1.